The first-order valence-corrected chi connectivity index (χ1v) is 6.93. The Bertz CT molecular complexity index is 897. The monoisotopic (exact) mass is 306 g/mol. The number of carbonyl (C=O) groups excluding carboxylic acids is 2. The molecule has 1 amide bonds. The molecular weight excluding hydrogens is 292 g/mol. The summed E-state index contributed by atoms with van der Waals surface area (Å²) >= 11 is 0. The third-order valence-electron chi connectivity index (χ3n) is 3.58. The predicted octanol–water partition coefficient (Wildman–Crippen LogP) is 1.66. The molecule has 0 aliphatic carbocycles. The van der Waals surface area contributed by atoms with Gasteiger partial charge in [-0.3, -0.25) is 20.0 Å². The zero-order valence-corrected chi connectivity index (χ0v) is 12.1. The highest BCUT2D eigenvalue weighted by molar-refractivity contribution is 6.36. The highest BCUT2D eigenvalue weighted by Crippen LogP contribution is 2.30. The third-order valence-corrected chi connectivity index (χ3v) is 3.58. The van der Waals surface area contributed by atoms with E-state index >= 15 is 0 Å². The largest absolute Gasteiger partial charge is 0.361 e. The molecule has 0 saturated heterocycles. The van der Waals surface area contributed by atoms with Crippen LogP contribution in [-0.2, 0) is 9.59 Å². The zero-order valence-electron chi connectivity index (χ0n) is 12.1. The highest BCUT2D eigenvalue weighted by atomic mass is 16.2. The van der Waals surface area contributed by atoms with E-state index in [0.717, 1.165) is 10.9 Å². The summed E-state index contributed by atoms with van der Waals surface area (Å²) in [7, 11) is 0. The molecule has 114 valence electrons. The number of benzene rings is 1. The lowest BCUT2D eigenvalue weighted by Crippen LogP contribution is -2.31. The van der Waals surface area contributed by atoms with E-state index in [1.54, 1.807) is 24.5 Å². The molecule has 2 heterocycles. The smallest absolute Gasteiger partial charge is 0.266 e. The number of fused-ring (bicyclic) bond motifs is 1. The van der Waals surface area contributed by atoms with Gasteiger partial charge in [-0.25, -0.2) is 5.84 Å². The van der Waals surface area contributed by atoms with Gasteiger partial charge in [0.1, 0.15) is 0 Å². The van der Waals surface area contributed by atoms with Gasteiger partial charge < -0.3 is 4.98 Å². The summed E-state index contributed by atoms with van der Waals surface area (Å²) in [6, 6.07) is 10.9. The second-order valence-electron chi connectivity index (χ2n) is 4.87. The minimum Gasteiger partial charge on any atom is -0.361 e. The molecule has 0 unspecified atom stereocenters. The van der Waals surface area contributed by atoms with Crippen molar-refractivity contribution in [2.45, 2.75) is 0 Å². The van der Waals surface area contributed by atoms with E-state index in [0.29, 0.717) is 17.4 Å². The summed E-state index contributed by atoms with van der Waals surface area (Å²) < 4.78 is 0. The van der Waals surface area contributed by atoms with Crippen LogP contribution in [0.2, 0.25) is 0 Å². The number of nitrogens with zero attached hydrogens (tertiary/aromatic N) is 1. The number of rotatable bonds is 4. The number of pyridine rings is 1. The molecule has 1 aromatic carbocycles. The van der Waals surface area contributed by atoms with Gasteiger partial charge in [-0.15, -0.1) is 0 Å². The van der Waals surface area contributed by atoms with Gasteiger partial charge >= 0.3 is 0 Å². The van der Waals surface area contributed by atoms with Crippen LogP contribution < -0.4 is 11.3 Å². The van der Waals surface area contributed by atoms with Crippen LogP contribution in [0.1, 0.15) is 11.1 Å². The summed E-state index contributed by atoms with van der Waals surface area (Å²) in [5.74, 6) is 4.78. The Balaban J connectivity index is 2.32. The van der Waals surface area contributed by atoms with Crippen LogP contribution in [0.25, 0.3) is 22.0 Å². The van der Waals surface area contributed by atoms with Crippen LogP contribution in [0.3, 0.4) is 0 Å². The first-order valence-electron chi connectivity index (χ1n) is 6.93. The molecule has 23 heavy (non-hydrogen) atoms. The third kappa shape index (κ3) is 2.63. The van der Waals surface area contributed by atoms with E-state index in [9.17, 15) is 9.59 Å². The van der Waals surface area contributed by atoms with E-state index in [1.807, 2.05) is 24.3 Å². The maximum atomic E-state index is 12.3. The summed E-state index contributed by atoms with van der Waals surface area (Å²) in [5.41, 5.74) is 4.56. The number of H-pyrrole nitrogens is 1. The molecule has 0 atom stereocenters. The predicted molar refractivity (Wildman–Crippen MR) is 87.7 cm³/mol. The van der Waals surface area contributed by atoms with E-state index < -0.39 is 5.91 Å². The van der Waals surface area contributed by atoms with Gasteiger partial charge in [0, 0.05) is 46.2 Å². The molecule has 6 nitrogen and oxygen atoms in total. The van der Waals surface area contributed by atoms with Crippen molar-refractivity contribution in [1.82, 2.24) is 15.4 Å². The summed E-state index contributed by atoms with van der Waals surface area (Å²) in [5, 5.41) is 0.828. The van der Waals surface area contributed by atoms with Crippen molar-refractivity contribution in [1.29, 1.82) is 0 Å². The number of aromatic amines is 1. The van der Waals surface area contributed by atoms with Gasteiger partial charge in [0.15, 0.2) is 6.29 Å². The second kappa shape index (κ2) is 6.25. The molecule has 2 aromatic heterocycles. The SMILES string of the molecule is NNC(=O)C(=C(C=O)c1cccnc1)c1c[nH]c2ccccc12. The molecule has 4 N–H and O–H groups in total. The molecule has 0 spiro atoms. The summed E-state index contributed by atoms with van der Waals surface area (Å²) in [6.45, 7) is 0. The molecule has 0 bridgehead atoms. The molecule has 6 heteroatoms. The number of nitrogens with two attached hydrogens (primary N) is 1. The number of amides is 1. The van der Waals surface area contributed by atoms with E-state index in [1.165, 1.54) is 6.20 Å². The van der Waals surface area contributed by atoms with E-state index in [4.69, 9.17) is 5.84 Å². The topological polar surface area (TPSA) is 101 Å². The Labute approximate surface area is 132 Å². The Morgan fingerprint density at radius 3 is 2.74 bits per heavy atom. The van der Waals surface area contributed by atoms with Crippen molar-refractivity contribution in [3.05, 3.63) is 66.1 Å². The maximum absolute atomic E-state index is 12.3. The quantitative estimate of drug-likeness (QED) is 0.224. The fourth-order valence-corrected chi connectivity index (χ4v) is 2.53. The van der Waals surface area contributed by atoms with Crippen LogP contribution >= 0.6 is 0 Å². The van der Waals surface area contributed by atoms with Gasteiger partial charge in [0.2, 0.25) is 0 Å². The van der Waals surface area contributed by atoms with Crippen molar-refractivity contribution in [3.8, 4) is 0 Å². The average molecular weight is 306 g/mol. The normalized spacial score (nSPS) is 11.9. The zero-order chi connectivity index (χ0) is 16.2. The van der Waals surface area contributed by atoms with Gasteiger partial charge in [0.05, 0.1) is 5.57 Å². The second-order valence-corrected chi connectivity index (χ2v) is 4.87. The number of para-hydroxylation sites is 1. The molecule has 0 fully saturated rings. The van der Waals surface area contributed by atoms with Gasteiger partial charge in [-0.05, 0) is 12.1 Å². The summed E-state index contributed by atoms with van der Waals surface area (Å²) in [4.78, 5) is 31.1. The minimum atomic E-state index is -0.541. The van der Waals surface area contributed by atoms with E-state index in [-0.39, 0.29) is 11.1 Å². The van der Waals surface area contributed by atoms with Gasteiger partial charge in [0.25, 0.3) is 5.91 Å². The Morgan fingerprint density at radius 2 is 2.04 bits per heavy atom. The van der Waals surface area contributed by atoms with Crippen molar-refractivity contribution < 1.29 is 9.59 Å². The van der Waals surface area contributed by atoms with Crippen molar-refractivity contribution in [2.75, 3.05) is 0 Å². The van der Waals surface area contributed by atoms with Gasteiger partial charge in [-0.2, -0.15) is 0 Å². The fraction of sp³-hybridized carbons (Fsp3) is 0. The Hall–Kier alpha value is -3.25. The lowest BCUT2D eigenvalue weighted by atomic mass is 9.95. The lowest BCUT2D eigenvalue weighted by molar-refractivity contribution is -0.115. The van der Waals surface area contributed by atoms with Crippen molar-refractivity contribution in [2.24, 2.45) is 5.84 Å². The average Bonchev–Trinajstić information content (AvgIpc) is 3.03. The lowest BCUT2D eigenvalue weighted by Gasteiger charge is -2.10. The number of hydrogen-bond donors (Lipinski definition) is 3. The molecule has 0 aliphatic heterocycles. The summed E-state index contributed by atoms with van der Waals surface area (Å²) in [6.07, 6.45) is 5.46. The number of hydrogen-bond acceptors (Lipinski definition) is 4. The number of aromatic nitrogens is 2. The first kappa shape index (κ1) is 14.7. The molecular formula is C17H14N4O2. The van der Waals surface area contributed by atoms with Crippen LogP contribution in [0.4, 0.5) is 0 Å². The molecule has 0 aliphatic rings. The van der Waals surface area contributed by atoms with Crippen LogP contribution in [-0.4, -0.2) is 22.2 Å². The number of aldehydes is 1. The van der Waals surface area contributed by atoms with Crippen LogP contribution in [0, 0.1) is 0 Å². The van der Waals surface area contributed by atoms with Crippen molar-refractivity contribution in [3.63, 3.8) is 0 Å². The number of allylic oxidation sites excluding steroid dienone is 1. The number of carbonyl (C=O) groups is 2. The Morgan fingerprint density at radius 1 is 1.22 bits per heavy atom. The Kier molecular flexibility index (Phi) is 3.99. The molecule has 3 rings (SSSR count). The van der Waals surface area contributed by atoms with Crippen LogP contribution in [0.5, 0.6) is 0 Å². The number of nitrogens with one attached hydrogen (secondary N) is 2. The highest BCUT2D eigenvalue weighted by Gasteiger charge is 2.21. The fourth-order valence-electron chi connectivity index (χ4n) is 2.53. The first-order chi connectivity index (χ1) is 11.3. The van der Waals surface area contributed by atoms with Gasteiger partial charge in [-0.1, -0.05) is 24.3 Å². The standard InChI is InChI=1S/C17H14N4O2/c18-21-17(23)16(14(10-22)11-4-3-7-19-8-11)13-9-20-15-6-2-1-5-12(13)15/h1-10,20H,18H2,(H,21,23). The van der Waals surface area contributed by atoms with E-state index in [2.05, 4.69) is 15.4 Å². The molecule has 0 radical (unpaired) electrons. The minimum absolute atomic E-state index is 0.202. The van der Waals surface area contributed by atoms with Crippen LogP contribution in [0.15, 0.2) is 55.0 Å². The maximum Gasteiger partial charge on any atom is 0.266 e. The number of hydrazine groups is 1. The molecule has 0 saturated carbocycles. The molecule has 3 aromatic rings. The van der Waals surface area contributed by atoms with Crippen molar-refractivity contribution >= 4 is 34.2 Å².